The molecule has 1 aliphatic heterocycles. The average Bonchev–Trinajstić information content (AvgIpc) is 3.40. The van der Waals surface area contributed by atoms with E-state index >= 15 is 0 Å². The summed E-state index contributed by atoms with van der Waals surface area (Å²) in [7, 11) is 0. The highest BCUT2D eigenvalue weighted by Crippen LogP contribution is 2.43. The van der Waals surface area contributed by atoms with Crippen LogP contribution in [0.3, 0.4) is 0 Å². The van der Waals surface area contributed by atoms with Crippen LogP contribution in [-0.4, -0.2) is 27.3 Å². The Morgan fingerprint density at radius 1 is 1.08 bits per heavy atom. The van der Waals surface area contributed by atoms with Crippen molar-refractivity contribution < 1.29 is 23.4 Å². The van der Waals surface area contributed by atoms with Gasteiger partial charge in [-0.25, -0.2) is 13.9 Å². The Bertz CT molecular complexity index is 1520. The van der Waals surface area contributed by atoms with Gasteiger partial charge >= 0.3 is 5.97 Å². The molecular weight excluding hydrogens is 567 g/mol. The SMILES string of the molecule is CCOc1cc(C2C(C(=O)OCc3ccccc3)=C(C)Nc3ncnn32)cc(Br)c1OCc1ccccc1F. The lowest BCUT2D eigenvalue weighted by Gasteiger charge is -2.29. The molecule has 0 bridgehead atoms. The summed E-state index contributed by atoms with van der Waals surface area (Å²) in [5.41, 5.74) is 2.99. The summed E-state index contributed by atoms with van der Waals surface area (Å²) in [6, 6.07) is 18.9. The van der Waals surface area contributed by atoms with Crippen LogP contribution in [0.1, 0.15) is 36.6 Å². The Labute approximate surface area is 233 Å². The lowest BCUT2D eigenvalue weighted by molar-refractivity contribution is -0.140. The molecule has 1 unspecified atom stereocenters. The van der Waals surface area contributed by atoms with Crippen molar-refractivity contribution in [2.45, 2.75) is 33.1 Å². The van der Waals surface area contributed by atoms with Gasteiger partial charge < -0.3 is 19.5 Å². The van der Waals surface area contributed by atoms with Crippen molar-refractivity contribution in [2.75, 3.05) is 11.9 Å². The molecule has 200 valence electrons. The molecule has 0 amide bonds. The van der Waals surface area contributed by atoms with Gasteiger partial charge in [0.15, 0.2) is 11.5 Å². The number of rotatable bonds is 9. The minimum atomic E-state index is -0.650. The normalized spacial score (nSPS) is 14.4. The standard InChI is InChI=1S/C29H26BrFN4O4/c1-3-37-24-14-21(13-22(30)27(24)38-16-20-11-7-8-12-23(20)31)26-25(18(2)34-29-32-17-33-35(26)29)28(36)39-15-19-9-5-4-6-10-19/h4-14,17,26H,3,15-16H2,1-2H3,(H,32,33,34). The zero-order valence-electron chi connectivity index (χ0n) is 21.4. The third-order valence-electron chi connectivity index (χ3n) is 6.20. The van der Waals surface area contributed by atoms with E-state index in [2.05, 4.69) is 31.3 Å². The molecular formula is C29H26BrFN4O4. The molecule has 10 heteroatoms. The molecule has 4 aromatic rings. The highest BCUT2D eigenvalue weighted by Gasteiger charge is 2.35. The maximum atomic E-state index is 14.2. The molecule has 5 rings (SSSR count). The topological polar surface area (TPSA) is 87.5 Å². The third-order valence-corrected chi connectivity index (χ3v) is 6.79. The van der Waals surface area contributed by atoms with Gasteiger partial charge in [-0.2, -0.15) is 10.1 Å². The fourth-order valence-corrected chi connectivity index (χ4v) is 4.95. The van der Waals surface area contributed by atoms with Crippen LogP contribution in [0.2, 0.25) is 0 Å². The van der Waals surface area contributed by atoms with E-state index in [0.29, 0.717) is 50.9 Å². The summed E-state index contributed by atoms with van der Waals surface area (Å²) in [5.74, 6) is 0.518. The van der Waals surface area contributed by atoms with Gasteiger partial charge in [-0.3, -0.25) is 0 Å². The number of hydrogen-bond donors (Lipinski definition) is 1. The molecule has 0 fully saturated rings. The van der Waals surface area contributed by atoms with Crippen LogP contribution in [0.4, 0.5) is 10.3 Å². The number of esters is 1. The monoisotopic (exact) mass is 592 g/mol. The number of nitrogens with one attached hydrogen (secondary N) is 1. The van der Waals surface area contributed by atoms with E-state index in [-0.39, 0.29) is 19.0 Å². The molecule has 0 saturated heterocycles. The Balaban J connectivity index is 1.50. The van der Waals surface area contributed by atoms with E-state index < -0.39 is 12.0 Å². The molecule has 1 aromatic heterocycles. The second-order valence-electron chi connectivity index (χ2n) is 8.80. The predicted octanol–water partition coefficient (Wildman–Crippen LogP) is 6.19. The Morgan fingerprint density at radius 3 is 2.62 bits per heavy atom. The van der Waals surface area contributed by atoms with Gasteiger partial charge in [0.2, 0.25) is 5.95 Å². The molecule has 1 N–H and O–H groups in total. The van der Waals surface area contributed by atoms with E-state index in [4.69, 9.17) is 14.2 Å². The van der Waals surface area contributed by atoms with Crippen LogP contribution in [0.15, 0.2) is 88.8 Å². The first-order valence-electron chi connectivity index (χ1n) is 12.4. The molecule has 0 radical (unpaired) electrons. The van der Waals surface area contributed by atoms with E-state index in [1.807, 2.05) is 43.3 Å². The van der Waals surface area contributed by atoms with E-state index in [0.717, 1.165) is 5.56 Å². The molecule has 0 aliphatic carbocycles. The first-order chi connectivity index (χ1) is 19.0. The van der Waals surface area contributed by atoms with Crippen molar-refractivity contribution in [2.24, 2.45) is 0 Å². The average molecular weight is 593 g/mol. The molecule has 39 heavy (non-hydrogen) atoms. The maximum Gasteiger partial charge on any atom is 0.338 e. The van der Waals surface area contributed by atoms with Crippen molar-refractivity contribution in [1.29, 1.82) is 0 Å². The lowest BCUT2D eigenvalue weighted by Crippen LogP contribution is -2.29. The zero-order valence-corrected chi connectivity index (χ0v) is 22.9. The van der Waals surface area contributed by atoms with Crippen molar-refractivity contribution in [1.82, 2.24) is 14.8 Å². The van der Waals surface area contributed by atoms with Crippen LogP contribution < -0.4 is 14.8 Å². The zero-order chi connectivity index (χ0) is 27.4. The highest BCUT2D eigenvalue weighted by molar-refractivity contribution is 9.10. The number of aromatic nitrogens is 3. The minimum Gasteiger partial charge on any atom is -0.490 e. The number of benzene rings is 3. The van der Waals surface area contributed by atoms with Crippen molar-refractivity contribution in [3.05, 3.63) is 111 Å². The molecule has 0 spiro atoms. The fourth-order valence-electron chi connectivity index (χ4n) is 4.38. The van der Waals surface area contributed by atoms with Gasteiger partial charge in [0.1, 0.15) is 31.4 Å². The van der Waals surface area contributed by atoms with Gasteiger partial charge in [0.25, 0.3) is 0 Å². The van der Waals surface area contributed by atoms with Crippen molar-refractivity contribution in [3.63, 3.8) is 0 Å². The van der Waals surface area contributed by atoms with Gasteiger partial charge in [-0.15, -0.1) is 0 Å². The smallest absolute Gasteiger partial charge is 0.338 e. The summed E-state index contributed by atoms with van der Waals surface area (Å²) >= 11 is 3.60. The Kier molecular flexibility index (Phi) is 7.92. The maximum absolute atomic E-state index is 14.2. The van der Waals surface area contributed by atoms with E-state index in [1.165, 1.54) is 12.4 Å². The summed E-state index contributed by atoms with van der Waals surface area (Å²) in [6.45, 7) is 4.17. The largest absolute Gasteiger partial charge is 0.490 e. The van der Waals surface area contributed by atoms with Crippen molar-refractivity contribution >= 4 is 27.8 Å². The molecule has 1 aliphatic rings. The lowest BCUT2D eigenvalue weighted by atomic mass is 9.95. The Morgan fingerprint density at radius 2 is 1.85 bits per heavy atom. The van der Waals surface area contributed by atoms with Crippen LogP contribution in [0.5, 0.6) is 11.5 Å². The molecule has 2 heterocycles. The minimum absolute atomic E-state index is 0.0152. The number of fused-ring (bicyclic) bond motifs is 1. The van der Waals surface area contributed by atoms with Gasteiger partial charge in [0, 0.05) is 11.3 Å². The number of carbonyl (C=O) groups excluding carboxylic acids is 1. The number of halogens is 2. The number of nitrogens with zero attached hydrogens (tertiary/aromatic N) is 3. The van der Waals surface area contributed by atoms with E-state index in [1.54, 1.807) is 35.9 Å². The van der Waals surface area contributed by atoms with Gasteiger partial charge in [0.05, 0.1) is 16.7 Å². The van der Waals surface area contributed by atoms with Crippen molar-refractivity contribution in [3.8, 4) is 11.5 Å². The first-order valence-corrected chi connectivity index (χ1v) is 13.2. The summed E-state index contributed by atoms with van der Waals surface area (Å²) in [4.78, 5) is 17.8. The first kappa shape index (κ1) is 26.4. The summed E-state index contributed by atoms with van der Waals surface area (Å²) < 4.78 is 34.0. The second-order valence-corrected chi connectivity index (χ2v) is 9.65. The second kappa shape index (κ2) is 11.7. The van der Waals surface area contributed by atoms with Crippen LogP contribution in [-0.2, 0) is 22.7 Å². The number of allylic oxidation sites excluding steroid dienone is 1. The van der Waals surface area contributed by atoms with Crippen LogP contribution >= 0.6 is 15.9 Å². The molecule has 8 nitrogen and oxygen atoms in total. The molecule has 3 aromatic carbocycles. The number of ether oxygens (including phenoxy) is 3. The number of anilines is 1. The summed E-state index contributed by atoms with van der Waals surface area (Å²) in [6.07, 6.45) is 1.42. The van der Waals surface area contributed by atoms with Crippen LogP contribution in [0.25, 0.3) is 0 Å². The third kappa shape index (κ3) is 5.65. The molecule has 0 saturated carbocycles. The quantitative estimate of drug-likeness (QED) is 0.232. The highest BCUT2D eigenvalue weighted by atomic mass is 79.9. The van der Waals surface area contributed by atoms with Gasteiger partial charge in [-0.05, 0) is 59.1 Å². The Hall–Kier alpha value is -4.18. The summed E-state index contributed by atoms with van der Waals surface area (Å²) in [5, 5.41) is 7.53. The number of hydrogen-bond acceptors (Lipinski definition) is 7. The molecule has 1 atom stereocenters. The fraction of sp³-hybridized carbons (Fsp3) is 0.207. The predicted molar refractivity (Wildman–Crippen MR) is 147 cm³/mol. The number of carbonyl (C=O) groups is 1. The van der Waals surface area contributed by atoms with E-state index in [9.17, 15) is 9.18 Å². The van der Waals surface area contributed by atoms with Gasteiger partial charge in [-0.1, -0.05) is 48.5 Å². The van der Waals surface area contributed by atoms with Crippen LogP contribution in [0, 0.1) is 5.82 Å².